The van der Waals surface area contributed by atoms with E-state index in [2.05, 4.69) is 0 Å². The maximum Gasteiger partial charge on any atom is 0.311 e. The number of carboxylic acids is 1. The third-order valence-corrected chi connectivity index (χ3v) is 4.05. The highest BCUT2D eigenvalue weighted by Gasteiger charge is 2.31. The van der Waals surface area contributed by atoms with Gasteiger partial charge in [-0.3, -0.25) is 4.79 Å². The van der Waals surface area contributed by atoms with Crippen LogP contribution in [0.15, 0.2) is 18.2 Å². The molecule has 1 heterocycles. The highest BCUT2D eigenvalue weighted by molar-refractivity contribution is 5.91. The molecule has 1 aromatic carbocycles. The predicted molar refractivity (Wildman–Crippen MR) is 72.3 cm³/mol. The summed E-state index contributed by atoms with van der Waals surface area (Å²) in [6.07, 6.45) is 2.15. The van der Waals surface area contributed by atoms with Gasteiger partial charge in [-0.2, -0.15) is 0 Å². The van der Waals surface area contributed by atoms with E-state index < -0.39 is 11.9 Å². The molecule has 0 amide bonds. The number of halogens is 1. The van der Waals surface area contributed by atoms with Gasteiger partial charge in [-0.1, -0.05) is 0 Å². The number of nitrogens with zero attached hydrogens (tertiary/aromatic N) is 1. The average Bonchev–Trinajstić information content (AvgIpc) is 2.73. The van der Waals surface area contributed by atoms with Crippen LogP contribution < -0.4 is 0 Å². The Morgan fingerprint density at radius 1 is 1.45 bits per heavy atom. The van der Waals surface area contributed by atoms with Crippen LogP contribution in [0.2, 0.25) is 0 Å². The fourth-order valence-corrected chi connectivity index (χ4v) is 3.28. The van der Waals surface area contributed by atoms with Crippen molar-refractivity contribution >= 4 is 16.9 Å². The molecule has 1 unspecified atom stereocenters. The lowest BCUT2D eigenvalue weighted by atomic mass is 9.85. The Balaban J connectivity index is 2.32. The van der Waals surface area contributed by atoms with Gasteiger partial charge in [-0.15, -0.1) is 0 Å². The van der Waals surface area contributed by atoms with Crippen molar-refractivity contribution in [1.82, 2.24) is 4.57 Å². The standard InChI is InChI=1S/C15H16FNO3/c16-9-4-5-12-11(8-9)14-10(15(19)20)2-1-3-13(14)17(12)6-7-18/h4-5,8,10,18H,1-3,6-7H2,(H,19,20). The van der Waals surface area contributed by atoms with Gasteiger partial charge in [0.25, 0.3) is 0 Å². The number of carbonyl (C=O) groups is 1. The molecule has 20 heavy (non-hydrogen) atoms. The minimum absolute atomic E-state index is 0.0225. The molecule has 0 spiro atoms. The Morgan fingerprint density at radius 2 is 2.25 bits per heavy atom. The van der Waals surface area contributed by atoms with E-state index >= 15 is 0 Å². The van der Waals surface area contributed by atoms with Crippen LogP contribution in [0.25, 0.3) is 10.9 Å². The molecule has 106 valence electrons. The molecule has 3 rings (SSSR count). The van der Waals surface area contributed by atoms with Crippen LogP contribution in [0.4, 0.5) is 4.39 Å². The number of aromatic nitrogens is 1. The van der Waals surface area contributed by atoms with Crippen LogP contribution in [-0.2, 0) is 17.8 Å². The second kappa shape index (κ2) is 4.90. The Hall–Kier alpha value is -1.88. The molecular formula is C15H16FNO3. The first-order chi connectivity index (χ1) is 9.63. The van der Waals surface area contributed by atoms with E-state index in [0.29, 0.717) is 18.4 Å². The Labute approximate surface area is 115 Å². The zero-order chi connectivity index (χ0) is 14.3. The number of hydrogen-bond acceptors (Lipinski definition) is 2. The Kier molecular flexibility index (Phi) is 3.22. The molecule has 0 bridgehead atoms. The molecule has 2 aromatic rings. The van der Waals surface area contributed by atoms with E-state index in [9.17, 15) is 19.4 Å². The summed E-state index contributed by atoms with van der Waals surface area (Å²) in [4.78, 5) is 11.5. The lowest BCUT2D eigenvalue weighted by Crippen LogP contribution is -2.19. The fourth-order valence-electron chi connectivity index (χ4n) is 3.28. The van der Waals surface area contributed by atoms with Gasteiger partial charge in [0.2, 0.25) is 0 Å². The number of benzene rings is 1. The number of carboxylic acid groups (broad SMARTS) is 1. The summed E-state index contributed by atoms with van der Waals surface area (Å²) < 4.78 is 15.5. The molecule has 0 radical (unpaired) electrons. The molecule has 4 nitrogen and oxygen atoms in total. The number of aliphatic hydroxyl groups is 1. The van der Waals surface area contributed by atoms with Crippen molar-refractivity contribution in [3.05, 3.63) is 35.3 Å². The number of fused-ring (bicyclic) bond motifs is 3. The van der Waals surface area contributed by atoms with E-state index in [1.54, 1.807) is 6.07 Å². The van der Waals surface area contributed by atoms with E-state index in [0.717, 1.165) is 29.6 Å². The van der Waals surface area contributed by atoms with E-state index in [-0.39, 0.29) is 12.4 Å². The van der Waals surface area contributed by atoms with Crippen molar-refractivity contribution < 1.29 is 19.4 Å². The molecule has 1 aromatic heterocycles. The number of hydrogen-bond donors (Lipinski definition) is 2. The normalized spacial score (nSPS) is 18.2. The summed E-state index contributed by atoms with van der Waals surface area (Å²) in [6.45, 7) is 0.384. The maximum absolute atomic E-state index is 13.5. The summed E-state index contributed by atoms with van der Waals surface area (Å²) in [7, 11) is 0. The first kappa shape index (κ1) is 13.1. The average molecular weight is 277 g/mol. The number of aliphatic hydroxyl groups excluding tert-OH is 1. The number of aliphatic carboxylic acids is 1. The molecule has 0 aliphatic heterocycles. The van der Waals surface area contributed by atoms with Crippen LogP contribution in [0.1, 0.15) is 30.0 Å². The molecule has 1 aliphatic carbocycles. The van der Waals surface area contributed by atoms with Crippen molar-refractivity contribution in [3.8, 4) is 0 Å². The quantitative estimate of drug-likeness (QED) is 0.904. The van der Waals surface area contributed by atoms with Crippen LogP contribution in [-0.4, -0.2) is 27.4 Å². The number of rotatable bonds is 3. The maximum atomic E-state index is 13.5. The first-order valence-electron chi connectivity index (χ1n) is 6.77. The third-order valence-electron chi connectivity index (χ3n) is 4.05. The first-order valence-corrected chi connectivity index (χ1v) is 6.77. The molecule has 0 fully saturated rings. The minimum Gasteiger partial charge on any atom is -0.481 e. The largest absolute Gasteiger partial charge is 0.481 e. The topological polar surface area (TPSA) is 62.5 Å². The summed E-state index contributed by atoms with van der Waals surface area (Å²) in [5, 5.41) is 19.3. The summed E-state index contributed by atoms with van der Waals surface area (Å²) in [6, 6.07) is 4.44. The Morgan fingerprint density at radius 3 is 2.95 bits per heavy atom. The van der Waals surface area contributed by atoms with Gasteiger partial charge in [0, 0.05) is 23.1 Å². The van der Waals surface area contributed by atoms with Gasteiger partial charge >= 0.3 is 5.97 Å². The SMILES string of the molecule is O=C(O)C1CCCc2c1c1cc(F)ccc1n2CCO. The van der Waals surface area contributed by atoms with Crippen LogP contribution in [0.5, 0.6) is 0 Å². The smallest absolute Gasteiger partial charge is 0.311 e. The minimum atomic E-state index is -0.863. The highest BCUT2D eigenvalue weighted by atomic mass is 19.1. The molecule has 1 atom stereocenters. The molecular weight excluding hydrogens is 261 g/mol. The summed E-state index contributed by atoms with van der Waals surface area (Å²) in [5.41, 5.74) is 2.46. The molecule has 0 saturated heterocycles. The molecule has 2 N–H and O–H groups in total. The van der Waals surface area contributed by atoms with E-state index in [1.165, 1.54) is 12.1 Å². The van der Waals surface area contributed by atoms with Crippen molar-refractivity contribution in [3.63, 3.8) is 0 Å². The zero-order valence-electron chi connectivity index (χ0n) is 11.0. The highest BCUT2D eigenvalue weighted by Crippen LogP contribution is 2.39. The third kappa shape index (κ3) is 1.89. The summed E-state index contributed by atoms with van der Waals surface area (Å²) >= 11 is 0. The fraction of sp³-hybridized carbons (Fsp3) is 0.400. The monoisotopic (exact) mass is 277 g/mol. The molecule has 5 heteroatoms. The second-order valence-electron chi connectivity index (χ2n) is 5.18. The van der Waals surface area contributed by atoms with Crippen LogP contribution in [0.3, 0.4) is 0 Å². The van der Waals surface area contributed by atoms with Gasteiger partial charge in [-0.05, 0) is 43.0 Å². The zero-order valence-corrected chi connectivity index (χ0v) is 11.0. The van der Waals surface area contributed by atoms with Gasteiger partial charge in [0.1, 0.15) is 5.82 Å². The van der Waals surface area contributed by atoms with Crippen molar-refractivity contribution in [2.75, 3.05) is 6.61 Å². The van der Waals surface area contributed by atoms with Gasteiger partial charge in [-0.25, -0.2) is 4.39 Å². The van der Waals surface area contributed by atoms with Gasteiger partial charge in [0.05, 0.1) is 12.5 Å². The van der Waals surface area contributed by atoms with Gasteiger partial charge < -0.3 is 14.8 Å². The lowest BCUT2D eigenvalue weighted by molar-refractivity contribution is -0.139. The van der Waals surface area contributed by atoms with Crippen molar-refractivity contribution in [2.45, 2.75) is 31.7 Å². The lowest BCUT2D eigenvalue weighted by Gasteiger charge is -2.21. The van der Waals surface area contributed by atoms with Crippen LogP contribution >= 0.6 is 0 Å². The predicted octanol–water partition coefficient (Wildman–Crippen LogP) is 2.28. The summed E-state index contributed by atoms with van der Waals surface area (Å²) in [5.74, 6) is -1.81. The van der Waals surface area contributed by atoms with Crippen molar-refractivity contribution in [2.24, 2.45) is 0 Å². The Bertz CT molecular complexity index is 677. The molecule has 0 saturated carbocycles. The van der Waals surface area contributed by atoms with Gasteiger partial charge in [0.15, 0.2) is 0 Å². The van der Waals surface area contributed by atoms with E-state index in [4.69, 9.17) is 0 Å². The van der Waals surface area contributed by atoms with E-state index in [1.807, 2.05) is 4.57 Å². The van der Waals surface area contributed by atoms with Crippen molar-refractivity contribution in [1.29, 1.82) is 0 Å². The molecule has 1 aliphatic rings. The second-order valence-corrected chi connectivity index (χ2v) is 5.18. The van der Waals surface area contributed by atoms with Crippen LogP contribution in [0, 0.1) is 5.82 Å².